The molecule has 0 radical (unpaired) electrons. The first kappa shape index (κ1) is 14.2. The summed E-state index contributed by atoms with van der Waals surface area (Å²) < 4.78 is 28.0. The summed E-state index contributed by atoms with van der Waals surface area (Å²) in [6, 6.07) is 0. The van der Waals surface area contributed by atoms with Crippen LogP contribution in [0.15, 0.2) is 12.4 Å². The Hall–Kier alpha value is -1.83. The van der Waals surface area contributed by atoms with Crippen molar-refractivity contribution in [2.75, 3.05) is 32.1 Å². The number of carbonyl (C=O) groups excluding carboxylic acids is 1. The van der Waals surface area contributed by atoms with E-state index in [-0.39, 0.29) is 18.8 Å². The van der Waals surface area contributed by atoms with Crippen molar-refractivity contribution in [2.45, 2.75) is 6.43 Å². The molecule has 100 valence electrons. The van der Waals surface area contributed by atoms with Crippen LogP contribution in [0.2, 0.25) is 0 Å². The third-order valence-corrected chi connectivity index (χ3v) is 1.92. The highest BCUT2D eigenvalue weighted by atomic mass is 19.3. The van der Waals surface area contributed by atoms with E-state index < -0.39 is 18.9 Å². The minimum atomic E-state index is -2.50. The maximum atomic E-state index is 11.7. The van der Waals surface area contributed by atoms with E-state index in [4.69, 9.17) is 0 Å². The van der Waals surface area contributed by atoms with Gasteiger partial charge in [0.15, 0.2) is 0 Å². The maximum absolute atomic E-state index is 11.7. The Balaban J connectivity index is 2.27. The van der Waals surface area contributed by atoms with Crippen molar-refractivity contribution in [3.8, 4) is 0 Å². The van der Waals surface area contributed by atoms with Gasteiger partial charge in [-0.3, -0.25) is 4.79 Å². The summed E-state index contributed by atoms with van der Waals surface area (Å²) >= 11 is 0. The van der Waals surface area contributed by atoms with Gasteiger partial charge in [-0.2, -0.15) is 0 Å². The Morgan fingerprint density at radius 2 is 2.22 bits per heavy atom. The van der Waals surface area contributed by atoms with Crippen LogP contribution in [-0.4, -0.2) is 49.1 Å². The van der Waals surface area contributed by atoms with E-state index >= 15 is 0 Å². The number of hydrogen-bond donors (Lipinski definition) is 2. The molecular formula is C10H14F2N4O2. The summed E-state index contributed by atoms with van der Waals surface area (Å²) in [4.78, 5) is 19.3. The van der Waals surface area contributed by atoms with Crippen LogP contribution in [0.25, 0.3) is 0 Å². The number of ether oxygens (including phenoxy) is 1. The Kier molecular flexibility index (Phi) is 5.92. The zero-order valence-electron chi connectivity index (χ0n) is 9.82. The van der Waals surface area contributed by atoms with Gasteiger partial charge in [0.1, 0.15) is 18.1 Å². The molecule has 0 aliphatic heterocycles. The lowest BCUT2D eigenvalue weighted by Crippen LogP contribution is -2.28. The van der Waals surface area contributed by atoms with Crippen molar-refractivity contribution in [1.29, 1.82) is 0 Å². The fraction of sp³-hybridized carbons (Fsp3) is 0.500. The first-order chi connectivity index (χ1) is 8.63. The summed E-state index contributed by atoms with van der Waals surface area (Å²) in [5, 5.41) is 5.25. The molecule has 0 unspecified atom stereocenters. The summed E-state index contributed by atoms with van der Waals surface area (Å²) in [5.74, 6) is 0.123. The molecule has 1 rings (SSSR count). The highest BCUT2D eigenvalue weighted by Crippen LogP contribution is 1.99. The third kappa shape index (κ3) is 5.00. The molecule has 0 atom stereocenters. The molecule has 0 spiro atoms. The number of alkyl halides is 2. The van der Waals surface area contributed by atoms with Crippen molar-refractivity contribution in [1.82, 2.24) is 15.3 Å². The third-order valence-electron chi connectivity index (χ3n) is 1.92. The van der Waals surface area contributed by atoms with E-state index in [1.807, 2.05) is 0 Å². The van der Waals surface area contributed by atoms with Crippen LogP contribution in [0, 0.1) is 0 Å². The molecule has 8 heteroatoms. The first-order valence-corrected chi connectivity index (χ1v) is 5.27. The predicted molar refractivity (Wildman–Crippen MR) is 60.7 cm³/mol. The predicted octanol–water partition coefficient (Wildman–Crippen LogP) is 0.530. The molecular weight excluding hydrogens is 246 g/mol. The minimum absolute atomic E-state index is 0.0259. The van der Waals surface area contributed by atoms with Gasteiger partial charge >= 0.3 is 0 Å². The zero-order valence-corrected chi connectivity index (χ0v) is 9.82. The van der Waals surface area contributed by atoms with E-state index in [0.29, 0.717) is 5.82 Å². The smallest absolute Gasteiger partial charge is 0.271 e. The number of rotatable bonds is 7. The van der Waals surface area contributed by atoms with Crippen molar-refractivity contribution in [3.05, 3.63) is 18.1 Å². The van der Waals surface area contributed by atoms with Crippen LogP contribution >= 0.6 is 0 Å². The van der Waals surface area contributed by atoms with Gasteiger partial charge in [0.25, 0.3) is 12.3 Å². The van der Waals surface area contributed by atoms with Gasteiger partial charge in [0, 0.05) is 13.6 Å². The van der Waals surface area contributed by atoms with E-state index in [2.05, 4.69) is 25.3 Å². The van der Waals surface area contributed by atoms with Crippen molar-refractivity contribution >= 4 is 11.7 Å². The number of nitrogens with one attached hydrogen (secondary N) is 2. The molecule has 6 nitrogen and oxygen atoms in total. The van der Waals surface area contributed by atoms with E-state index in [1.165, 1.54) is 12.4 Å². The lowest BCUT2D eigenvalue weighted by atomic mass is 10.4. The lowest BCUT2D eigenvalue weighted by Gasteiger charge is -2.06. The quantitative estimate of drug-likeness (QED) is 0.699. The number of carbonyl (C=O) groups is 1. The topological polar surface area (TPSA) is 76.1 Å². The first-order valence-electron chi connectivity index (χ1n) is 5.27. The van der Waals surface area contributed by atoms with Crippen molar-refractivity contribution in [2.24, 2.45) is 0 Å². The van der Waals surface area contributed by atoms with Gasteiger partial charge in [-0.25, -0.2) is 18.7 Å². The molecule has 2 N–H and O–H groups in total. The monoisotopic (exact) mass is 260 g/mol. The van der Waals surface area contributed by atoms with E-state index in [1.54, 1.807) is 7.05 Å². The second kappa shape index (κ2) is 7.49. The van der Waals surface area contributed by atoms with Gasteiger partial charge in [-0.05, 0) is 0 Å². The second-order valence-electron chi connectivity index (χ2n) is 3.26. The number of halogens is 2. The Bertz CT molecular complexity index is 373. The maximum Gasteiger partial charge on any atom is 0.271 e. The molecule has 0 bridgehead atoms. The largest absolute Gasteiger partial charge is 0.374 e. The minimum Gasteiger partial charge on any atom is -0.374 e. The van der Waals surface area contributed by atoms with Crippen LogP contribution in [0.1, 0.15) is 10.5 Å². The number of aromatic nitrogens is 2. The molecule has 0 saturated carbocycles. The van der Waals surface area contributed by atoms with E-state index in [9.17, 15) is 13.6 Å². The SMILES string of the molecule is CNc1cnc(C(=O)NCCOCC(F)F)cn1. The second-order valence-corrected chi connectivity index (χ2v) is 3.26. The number of hydrogen-bond acceptors (Lipinski definition) is 5. The van der Waals surface area contributed by atoms with Crippen molar-refractivity contribution < 1.29 is 18.3 Å². The van der Waals surface area contributed by atoms with Gasteiger partial charge in [0.05, 0.1) is 19.0 Å². The van der Waals surface area contributed by atoms with Crippen LogP contribution in [-0.2, 0) is 4.74 Å². The normalized spacial score (nSPS) is 10.4. The average Bonchev–Trinajstić information content (AvgIpc) is 2.38. The molecule has 0 fully saturated rings. The molecule has 18 heavy (non-hydrogen) atoms. The highest BCUT2D eigenvalue weighted by Gasteiger charge is 2.07. The average molecular weight is 260 g/mol. The van der Waals surface area contributed by atoms with Crippen LogP contribution in [0.3, 0.4) is 0 Å². The molecule has 0 aromatic carbocycles. The summed E-state index contributed by atoms with van der Waals surface area (Å²) in [5.41, 5.74) is 0.155. The molecule has 1 aromatic heterocycles. The van der Waals surface area contributed by atoms with Gasteiger partial charge in [0.2, 0.25) is 0 Å². The van der Waals surface area contributed by atoms with E-state index in [0.717, 1.165) is 0 Å². The number of anilines is 1. The summed E-state index contributed by atoms with van der Waals surface area (Å²) in [6.45, 7) is -0.467. The zero-order chi connectivity index (χ0) is 13.4. The lowest BCUT2D eigenvalue weighted by molar-refractivity contribution is 0.0188. The summed E-state index contributed by atoms with van der Waals surface area (Å²) in [7, 11) is 1.68. The molecule has 0 aliphatic carbocycles. The van der Waals surface area contributed by atoms with Crippen LogP contribution < -0.4 is 10.6 Å². The Labute approximate surface area is 103 Å². The molecule has 1 amide bonds. The van der Waals surface area contributed by atoms with Gasteiger partial charge in [-0.15, -0.1) is 0 Å². The molecule has 0 aliphatic rings. The molecule has 1 heterocycles. The number of amides is 1. The Morgan fingerprint density at radius 1 is 1.44 bits per heavy atom. The van der Waals surface area contributed by atoms with Crippen LogP contribution in [0.5, 0.6) is 0 Å². The van der Waals surface area contributed by atoms with Gasteiger partial charge < -0.3 is 15.4 Å². The molecule has 1 aromatic rings. The highest BCUT2D eigenvalue weighted by molar-refractivity contribution is 5.91. The van der Waals surface area contributed by atoms with Crippen LogP contribution in [0.4, 0.5) is 14.6 Å². The van der Waals surface area contributed by atoms with Crippen molar-refractivity contribution in [3.63, 3.8) is 0 Å². The fourth-order valence-electron chi connectivity index (χ4n) is 1.07. The molecule has 0 saturated heterocycles. The Morgan fingerprint density at radius 3 is 2.78 bits per heavy atom. The fourth-order valence-corrected chi connectivity index (χ4v) is 1.07. The standard InChI is InChI=1S/C10H14F2N4O2/c1-13-9-5-15-7(4-16-9)10(17)14-2-3-18-6-8(11)12/h4-5,8H,2-3,6H2,1H3,(H,13,16)(H,14,17). The number of nitrogens with zero attached hydrogens (tertiary/aromatic N) is 2. The summed E-state index contributed by atoms with van der Waals surface area (Å²) in [6.07, 6.45) is 0.240. The van der Waals surface area contributed by atoms with Gasteiger partial charge in [-0.1, -0.05) is 0 Å².